The molecule has 4 nitrogen and oxygen atoms in total. The smallest absolute Gasteiger partial charge is 0.255 e. The van der Waals surface area contributed by atoms with E-state index in [0.717, 1.165) is 4.47 Å². The number of aliphatic hydroxyl groups excluding tert-OH is 1. The molecule has 18 heavy (non-hydrogen) atoms. The van der Waals surface area contributed by atoms with Crippen LogP contribution < -0.4 is 5.32 Å². The van der Waals surface area contributed by atoms with Crippen LogP contribution >= 0.6 is 15.9 Å². The summed E-state index contributed by atoms with van der Waals surface area (Å²) >= 11 is 3.22. The second kappa shape index (κ2) is 6.20. The van der Waals surface area contributed by atoms with Crippen molar-refractivity contribution in [2.24, 2.45) is 5.41 Å². The van der Waals surface area contributed by atoms with Crippen LogP contribution in [0.15, 0.2) is 22.7 Å². The van der Waals surface area contributed by atoms with Crippen LogP contribution in [0.25, 0.3) is 0 Å². The van der Waals surface area contributed by atoms with E-state index >= 15 is 0 Å². The van der Waals surface area contributed by atoms with Crippen molar-refractivity contribution in [1.82, 2.24) is 5.32 Å². The van der Waals surface area contributed by atoms with Gasteiger partial charge in [-0.2, -0.15) is 0 Å². The first kappa shape index (κ1) is 15.0. The Morgan fingerprint density at radius 2 is 2.11 bits per heavy atom. The van der Waals surface area contributed by atoms with Crippen LogP contribution in [0.5, 0.6) is 5.75 Å². The van der Waals surface area contributed by atoms with Crippen LogP contribution in [-0.2, 0) is 0 Å². The van der Waals surface area contributed by atoms with Crippen molar-refractivity contribution < 1.29 is 15.0 Å². The summed E-state index contributed by atoms with van der Waals surface area (Å²) in [6.07, 6.45) is 0.611. The number of benzene rings is 1. The molecule has 3 N–H and O–H groups in total. The summed E-state index contributed by atoms with van der Waals surface area (Å²) < 4.78 is 0.720. The molecule has 0 aliphatic carbocycles. The Hall–Kier alpha value is -1.07. The number of halogens is 1. The Morgan fingerprint density at radius 3 is 2.67 bits per heavy atom. The van der Waals surface area contributed by atoms with Gasteiger partial charge in [-0.1, -0.05) is 29.8 Å². The predicted octanol–water partition coefficient (Wildman–Crippen LogP) is 2.29. The minimum atomic E-state index is -0.314. The molecule has 0 radical (unpaired) electrons. The number of amides is 1. The van der Waals surface area contributed by atoms with Gasteiger partial charge in [-0.15, -0.1) is 0 Å². The fraction of sp³-hybridized carbons (Fsp3) is 0.462. The van der Waals surface area contributed by atoms with Gasteiger partial charge in [-0.05, 0) is 30.0 Å². The Bertz CT molecular complexity index is 432. The normalized spacial score (nSPS) is 11.3. The highest BCUT2D eigenvalue weighted by molar-refractivity contribution is 9.10. The maximum atomic E-state index is 11.9. The molecule has 0 atom stereocenters. The molecule has 1 amide bonds. The summed E-state index contributed by atoms with van der Waals surface area (Å²) in [7, 11) is 0. The van der Waals surface area contributed by atoms with E-state index in [1.54, 1.807) is 12.1 Å². The van der Waals surface area contributed by atoms with Gasteiger partial charge in [-0.25, -0.2) is 0 Å². The average molecular weight is 316 g/mol. The van der Waals surface area contributed by atoms with Crippen LogP contribution in [0.4, 0.5) is 0 Å². The van der Waals surface area contributed by atoms with E-state index in [0.29, 0.717) is 13.0 Å². The van der Waals surface area contributed by atoms with Gasteiger partial charge >= 0.3 is 0 Å². The molecular weight excluding hydrogens is 298 g/mol. The maximum absolute atomic E-state index is 11.9. The fourth-order valence-electron chi connectivity index (χ4n) is 1.50. The summed E-state index contributed by atoms with van der Waals surface area (Å²) in [6.45, 7) is 4.46. The fourth-order valence-corrected chi connectivity index (χ4v) is 1.85. The molecular formula is C13H18BrNO3. The Balaban J connectivity index is 2.66. The number of rotatable bonds is 5. The second-order valence-corrected chi connectivity index (χ2v) is 5.90. The minimum absolute atomic E-state index is 0.0539. The number of nitrogens with one attached hydrogen (secondary N) is 1. The van der Waals surface area contributed by atoms with Crippen molar-refractivity contribution in [3.05, 3.63) is 28.2 Å². The second-order valence-electron chi connectivity index (χ2n) is 4.98. The summed E-state index contributed by atoms with van der Waals surface area (Å²) in [6, 6.07) is 4.75. The van der Waals surface area contributed by atoms with Crippen molar-refractivity contribution in [2.75, 3.05) is 13.2 Å². The van der Waals surface area contributed by atoms with Crippen molar-refractivity contribution in [1.29, 1.82) is 0 Å². The van der Waals surface area contributed by atoms with Gasteiger partial charge in [0.25, 0.3) is 5.91 Å². The van der Waals surface area contributed by atoms with E-state index in [1.807, 2.05) is 13.8 Å². The monoisotopic (exact) mass is 315 g/mol. The van der Waals surface area contributed by atoms with E-state index in [9.17, 15) is 9.90 Å². The molecule has 100 valence electrons. The van der Waals surface area contributed by atoms with Gasteiger partial charge in [0.15, 0.2) is 0 Å². The van der Waals surface area contributed by atoms with E-state index in [1.165, 1.54) is 6.07 Å². The van der Waals surface area contributed by atoms with Gasteiger partial charge in [0.1, 0.15) is 5.75 Å². The van der Waals surface area contributed by atoms with Gasteiger partial charge in [0.05, 0.1) is 5.56 Å². The highest BCUT2D eigenvalue weighted by atomic mass is 79.9. The molecule has 5 heteroatoms. The number of phenolic OH excluding ortho intramolecular Hbond substituents is 1. The highest BCUT2D eigenvalue weighted by Crippen LogP contribution is 2.23. The zero-order valence-corrected chi connectivity index (χ0v) is 12.1. The summed E-state index contributed by atoms with van der Waals surface area (Å²) in [4.78, 5) is 11.9. The number of aromatic hydroxyl groups is 1. The van der Waals surface area contributed by atoms with Gasteiger partial charge in [0.2, 0.25) is 0 Å². The lowest BCUT2D eigenvalue weighted by Crippen LogP contribution is -2.34. The van der Waals surface area contributed by atoms with Crippen molar-refractivity contribution in [2.45, 2.75) is 20.3 Å². The van der Waals surface area contributed by atoms with Crippen LogP contribution in [0.3, 0.4) is 0 Å². The molecule has 1 aromatic rings. The first-order chi connectivity index (χ1) is 8.35. The van der Waals surface area contributed by atoms with E-state index < -0.39 is 0 Å². The summed E-state index contributed by atoms with van der Waals surface area (Å²) in [5.41, 5.74) is 0.0769. The highest BCUT2D eigenvalue weighted by Gasteiger charge is 2.19. The molecule has 0 aliphatic heterocycles. The lowest BCUT2D eigenvalue weighted by molar-refractivity contribution is 0.0925. The molecule has 0 aromatic heterocycles. The number of hydrogen-bond acceptors (Lipinski definition) is 3. The standard InChI is InChI=1S/C13H18BrNO3/c1-13(2,5-6-16)8-15-12(18)10-4-3-9(14)7-11(10)17/h3-4,7,16-17H,5-6,8H2,1-2H3,(H,15,18). The largest absolute Gasteiger partial charge is 0.507 e. The van der Waals surface area contributed by atoms with Gasteiger partial charge in [-0.3, -0.25) is 4.79 Å². The molecule has 1 rings (SSSR count). The van der Waals surface area contributed by atoms with Crippen molar-refractivity contribution >= 4 is 21.8 Å². The molecule has 0 aliphatic rings. The van der Waals surface area contributed by atoms with E-state index in [-0.39, 0.29) is 29.2 Å². The van der Waals surface area contributed by atoms with Crippen LogP contribution in [0.2, 0.25) is 0 Å². The van der Waals surface area contributed by atoms with Gasteiger partial charge < -0.3 is 15.5 Å². The third-order valence-electron chi connectivity index (χ3n) is 2.72. The third-order valence-corrected chi connectivity index (χ3v) is 3.21. The Kier molecular flexibility index (Phi) is 5.16. The summed E-state index contributed by atoms with van der Waals surface area (Å²) in [5, 5.41) is 21.3. The zero-order chi connectivity index (χ0) is 13.8. The molecule has 0 saturated carbocycles. The summed E-state index contributed by atoms with van der Waals surface area (Å²) in [5.74, 6) is -0.368. The average Bonchev–Trinajstić information content (AvgIpc) is 2.26. The molecule has 0 saturated heterocycles. The Morgan fingerprint density at radius 1 is 1.44 bits per heavy atom. The number of hydrogen-bond donors (Lipinski definition) is 3. The zero-order valence-electron chi connectivity index (χ0n) is 10.5. The molecule has 0 spiro atoms. The molecule has 0 heterocycles. The number of carbonyl (C=O) groups is 1. The quantitative estimate of drug-likeness (QED) is 0.781. The van der Waals surface area contributed by atoms with E-state index in [2.05, 4.69) is 21.2 Å². The van der Waals surface area contributed by atoms with Gasteiger partial charge in [0, 0.05) is 17.6 Å². The minimum Gasteiger partial charge on any atom is -0.507 e. The van der Waals surface area contributed by atoms with Crippen LogP contribution in [0, 0.1) is 5.41 Å². The maximum Gasteiger partial charge on any atom is 0.255 e. The number of carbonyl (C=O) groups excluding carboxylic acids is 1. The first-order valence-corrected chi connectivity index (χ1v) is 6.52. The molecule has 1 aromatic carbocycles. The van der Waals surface area contributed by atoms with Crippen molar-refractivity contribution in [3.63, 3.8) is 0 Å². The lowest BCUT2D eigenvalue weighted by atomic mass is 9.89. The van der Waals surface area contributed by atoms with Crippen LogP contribution in [-0.4, -0.2) is 29.3 Å². The Labute approximate surface area is 115 Å². The van der Waals surface area contributed by atoms with Crippen LogP contribution in [0.1, 0.15) is 30.6 Å². The predicted molar refractivity (Wildman–Crippen MR) is 73.6 cm³/mol. The molecule has 0 unspecified atom stereocenters. The first-order valence-electron chi connectivity index (χ1n) is 5.73. The third kappa shape index (κ3) is 4.31. The molecule has 0 fully saturated rings. The topological polar surface area (TPSA) is 69.6 Å². The van der Waals surface area contributed by atoms with Crippen molar-refractivity contribution in [3.8, 4) is 5.75 Å². The SMILES string of the molecule is CC(C)(CCO)CNC(=O)c1ccc(Br)cc1O. The van der Waals surface area contributed by atoms with E-state index in [4.69, 9.17) is 5.11 Å². The molecule has 0 bridgehead atoms. The number of phenols is 1. The number of aliphatic hydroxyl groups is 1. The lowest BCUT2D eigenvalue weighted by Gasteiger charge is -2.23.